The molecule has 7 heteroatoms. The van der Waals surface area contributed by atoms with Crippen molar-refractivity contribution < 1.29 is 28.2 Å². The van der Waals surface area contributed by atoms with Crippen molar-refractivity contribution in [3.05, 3.63) is 64.8 Å². The van der Waals surface area contributed by atoms with Crippen molar-refractivity contribution in [2.75, 3.05) is 13.9 Å². The van der Waals surface area contributed by atoms with Crippen molar-refractivity contribution in [1.82, 2.24) is 4.90 Å². The van der Waals surface area contributed by atoms with Gasteiger partial charge >= 0.3 is 5.97 Å². The SMILES string of the molecule is COC(=O)C1=C(C)N(Cc2ccco2)C(=O)C1=Cc1ccc2c(c1)OCO2. The lowest BCUT2D eigenvalue weighted by molar-refractivity contribution is -0.136. The molecule has 0 aliphatic carbocycles. The molecule has 138 valence electrons. The van der Waals surface area contributed by atoms with Crippen LogP contribution in [0.2, 0.25) is 0 Å². The lowest BCUT2D eigenvalue weighted by Crippen LogP contribution is -2.24. The van der Waals surface area contributed by atoms with Gasteiger partial charge in [-0.2, -0.15) is 0 Å². The lowest BCUT2D eigenvalue weighted by atomic mass is 10.0. The molecule has 0 saturated heterocycles. The number of furan rings is 1. The number of rotatable bonds is 4. The van der Waals surface area contributed by atoms with Gasteiger partial charge in [-0.3, -0.25) is 4.79 Å². The molecule has 3 heterocycles. The van der Waals surface area contributed by atoms with Crippen LogP contribution in [0.25, 0.3) is 6.08 Å². The number of carbonyl (C=O) groups is 2. The normalized spacial score (nSPS) is 17.2. The zero-order valence-corrected chi connectivity index (χ0v) is 14.9. The van der Waals surface area contributed by atoms with E-state index in [2.05, 4.69) is 0 Å². The summed E-state index contributed by atoms with van der Waals surface area (Å²) in [5.41, 5.74) is 1.75. The van der Waals surface area contributed by atoms with Crippen molar-refractivity contribution in [2.45, 2.75) is 13.5 Å². The van der Waals surface area contributed by atoms with Gasteiger partial charge in [0.25, 0.3) is 5.91 Å². The summed E-state index contributed by atoms with van der Waals surface area (Å²) in [6, 6.07) is 8.86. The zero-order valence-electron chi connectivity index (χ0n) is 14.9. The first kappa shape index (κ1) is 17.0. The number of benzene rings is 1. The van der Waals surface area contributed by atoms with Crippen molar-refractivity contribution in [3.63, 3.8) is 0 Å². The van der Waals surface area contributed by atoms with Crippen LogP contribution in [0.3, 0.4) is 0 Å². The van der Waals surface area contributed by atoms with Gasteiger partial charge in [0.05, 0.1) is 31.1 Å². The van der Waals surface area contributed by atoms with E-state index in [1.54, 1.807) is 49.6 Å². The Morgan fingerprint density at radius 3 is 2.81 bits per heavy atom. The van der Waals surface area contributed by atoms with Gasteiger partial charge in [0, 0.05) is 5.70 Å². The molecule has 1 aromatic carbocycles. The van der Waals surface area contributed by atoms with Crippen molar-refractivity contribution in [3.8, 4) is 11.5 Å². The third-order valence-electron chi connectivity index (χ3n) is 4.50. The Bertz CT molecular complexity index is 970. The Hall–Kier alpha value is -3.48. The van der Waals surface area contributed by atoms with E-state index in [-0.39, 0.29) is 30.4 Å². The van der Waals surface area contributed by atoms with Crippen LogP contribution >= 0.6 is 0 Å². The van der Waals surface area contributed by atoms with Crippen LogP contribution in [0.1, 0.15) is 18.2 Å². The van der Waals surface area contributed by atoms with E-state index in [0.29, 0.717) is 23.0 Å². The molecule has 0 radical (unpaired) electrons. The van der Waals surface area contributed by atoms with Crippen LogP contribution in [0.5, 0.6) is 11.5 Å². The van der Waals surface area contributed by atoms with Crippen molar-refractivity contribution >= 4 is 18.0 Å². The monoisotopic (exact) mass is 367 g/mol. The summed E-state index contributed by atoms with van der Waals surface area (Å²) in [6.07, 6.45) is 3.20. The minimum atomic E-state index is -0.560. The number of allylic oxidation sites excluding steroid dienone is 1. The molecule has 0 N–H and O–H groups in total. The van der Waals surface area contributed by atoms with E-state index in [1.807, 2.05) is 0 Å². The molecule has 2 aromatic rings. The summed E-state index contributed by atoms with van der Waals surface area (Å²) in [6.45, 7) is 2.11. The number of carbonyl (C=O) groups excluding carboxylic acids is 2. The molecule has 2 aliphatic rings. The first-order valence-corrected chi connectivity index (χ1v) is 8.33. The Morgan fingerprint density at radius 1 is 1.26 bits per heavy atom. The Morgan fingerprint density at radius 2 is 2.07 bits per heavy atom. The Kier molecular flexibility index (Phi) is 4.19. The Labute approximate surface area is 155 Å². The fourth-order valence-electron chi connectivity index (χ4n) is 3.15. The van der Waals surface area contributed by atoms with Gasteiger partial charge in [0.15, 0.2) is 11.5 Å². The molecule has 0 bridgehead atoms. The predicted molar refractivity (Wildman–Crippen MR) is 94.5 cm³/mol. The molecule has 0 fully saturated rings. The Balaban J connectivity index is 1.73. The number of nitrogens with zero attached hydrogens (tertiary/aromatic N) is 1. The highest BCUT2D eigenvalue weighted by Gasteiger charge is 2.37. The number of hydrogen-bond donors (Lipinski definition) is 0. The number of hydrogen-bond acceptors (Lipinski definition) is 6. The minimum Gasteiger partial charge on any atom is -0.467 e. The van der Waals surface area contributed by atoms with Gasteiger partial charge in [-0.25, -0.2) is 4.79 Å². The van der Waals surface area contributed by atoms with E-state index >= 15 is 0 Å². The average Bonchev–Trinajstić information content (AvgIpc) is 3.39. The van der Waals surface area contributed by atoms with Gasteiger partial charge in [-0.15, -0.1) is 0 Å². The number of ether oxygens (including phenoxy) is 3. The van der Waals surface area contributed by atoms with E-state index in [4.69, 9.17) is 18.6 Å². The van der Waals surface area contributed by atoms with Gasteiger partial charge in [0.2, 0.25) is 6.79 Å². The molecule has 0 unspecified atom stereocenters. The maximum Gasteiger partial charge on any atom is 0.340 e. The molecule has 0 saturated carbocycles. The summed E-state index contributed by atoms with van der Waals surface area (Å²) in [7, 11) is 1.29. The summed E-state index contributed by atoms with van der Waals surface area (Å²) >= 11 is 0. The lowest BCUT2D eigenvalue weighted by Gasteiger charge is -2.16. The summed E-state index contributed by atoms with van der Waals surface area (Å²) in [5.74, 6) is 1.02. The van der Waals surface area contributed by atoms with E-state index in [1.165, 1.54) is 12.0 Å². The van der Waals surface area contributed by atoms with Crippen molar-refractivity contribution in [2.24, 2.45) is 0 Å². The minimum absolute atomic E-state index is 0.164. The van der Waals surface area contributed by atoms with Crippen LogP contribution < -0.4 is 9.47 Å². The summed E-state index contributed by atoms with van der Waals surface area (Å²) < 4.78 is 20.9. The van der Waals surface area contributed by atoms with Crippen LogP contribution in [-0.4, -0.2) is 30.7 Å². The number of amides is 1. The molecular weight excluding hydrogens is 350 g/mol. The standard InChI is InChI=1S/C20H17NO6/c1-12-18(20(23)24-2)15(19(22)21(12)10-14-4-3-7-25-14)8-13-5-6-16-17(9-13)27-11-26-16/h3-9H,10-11H2,1-2H3. The molecule has 0 atom stereocenters. The van der Waals surface area contributed by atoms with E-state index in [9.17, 15) is 9.59 Å². The third-order valence-corrected chi connectivity index (χ3v) is 4.50. The second-order valence-corrected chi connectivity index (χ2v) is 6.09. The third kappa shape index (κ3) is 2.97. The maximum absolute atomic E-state index is 13.0. The first-order valence-electron chi connectivity index (χ1n) is 8.33. The molecule has 0 spiro atoms. The molecular formula is C20H17NO6. The molecule has 1 amide bonds. The van der Waals surface area contributed by atoms with Crippen LogP contribution in [0.15, 0.2) is 57.9 Å². The quantitative estimate of drug-likeness (QED) is 0.611. The van der Waals surface area contributed by atoms with Gasteiger partial charge in [0.1, 0.15) is 5.76 Å². The van der Waals surface area contributed by atoms with Gasteiger partial charge in [-0.1, -0.05) is 6.07 Å². The highest BCUT2D eigenvalue weighted by Crippen LogP contribution is 2.36. The fourth-order valence-corrected chi connectivity index (χ4v) is 3.15. The number of methoxy groups -OCH3 is 1. The summed E-state index contributed by atoms with van der Waals surface area (Å²) in [5, 5.41) is 0. The topological polar surface area (TPSA) is 78.2 Å². The molecule has 4 rings (SSSR count). The molecule has 1 aromatic heterocycles. The zero-order chi connectivity index (χ0) is 19.0. The summed E-state index contributed by atoms with van der Waals surface area (Å²) in [4.78, 5) is 26.9. The highest BCUT2D eigenvalue weighted by molar-refractivity contribution is 6.16. The van der Waals surface area contributed by atoms with Crippen molar-refractivity contribution in [1.29, 1.82) is 0 Å². The molecule has 7 nitrogen and oxygen atoms in total. The second kappa shape index (κ2) is 6.68. The molecule has 27 heavy (non-hydrogen) atoms. The number of fused-ring (bicyclic) bond motifs is 1. The predicted octanol–water partition coefficient (Wildman–Crippen LogP) is 2.88. The van der Waals surface area contributed by atoms with Gasteiger partial charge < -0.3 is 23.5 Å². The molecule has 2 aliphatic heterocycles. The first-order chi connectivity index (χ1) is 13.1. The van der Waals surface area contributed by atoms with Crippen LogP contribution in [-0.2, 0) is 20.9 Å². The van der Waals surface area contributed by atoms with E-state index < -0.39 is 5.97 Å². The highest BCUT2D eigenvalue weighted by atomic mass is 16.7. The van der Waals surface area contributed by atoms with E-state index in [0.717, 1.165) is 5.56 Å². The second-order valence-electron chi connectivity index (χ2n) is 6.09. The van der Waals surface area contributed by atoms with Gasteiger partial charge in [-0.05, 0) is 42.8 Å². The van der Waals surface area contributed by atoms with Crippen LogP contribution in [0.4, 0.5) is 0 Å². The largest absolute Gasteiger partial charge is 0.467 e. The number of esters is 1. The maximum atomic E-state index is 13.0. The fraction of sp³-hybridized carbons (Fsp3) is 0.200. The van der Waals surface area contributed by atoms with Crippen LogP contribution in [0, 0.1) is 0 Å². The smallest absolute Gasteiger partial charge is 0.340 e. The average molecular weight is 367 g/mol.